The van der Waals surface area contributed by atoms with Gasteiger partial charge in [0, 0.05) is 68.5 Å². The Labute approximate surface area is 367 Å². The van der Waals surface area contributed by atoms with Crippen LogP contribution in [0.3, 0.4) is 0 Å². The molecule has 3 atom stereocenters. The third kappa shape index (κ3) is 17.1. The number of ketones is 1. The van der Waals surface area contributed by atoms with Crippen LogP contribution in [0.15, 0.2) is 83.3 Å². The van der Waals surface area contributed by atoms with E-state index in [9.17, 15) is 48.6 Å². The van der Waals surface area contributed by atoms with E-state index in [1.165, 1.54) is 12.1 Å². The Morgan fingerprint density at radius 1 is 0.922 bits per heavy atom. The number of aromatic nitrogens is 3. The highest BCUT2D eigenvalue weighted by Gasteiger charge is 2.23. The number of amides is 3. The predicted molar refractivity (Wildman–Crippen MR) is 233 cm³/mol. The van der Waals surface area contributed by atoms with Gasteiger partial charge in [-0.1, -0.05) is 30.3 Å². The molecule has 0 spiro atoms. The number of aliphatic carboxylic acids is 3. The third-order valence-electron chi connectivity index (χ3n) is 9.74. The molecule has 0 radical (unpaired) electrons. The highest BCUT2D eigenvalue weighted by atomic mass is 16.5. The van der Waals surface area contributed by atoms with E-state index < -0.39 is 59.2 Å². The van der Waals surface area contributed by atoms with Gasteiger partial charge in [0.05, 0.1) is 24.0 Å². The zero-order valence-corrected chi connectivity index (χ0v) is 35.1. The standard InChI is InChI=1S/C44H52N8O12/c1-26(18-27-6-3-2-4-7-27)49-36(54)15-17-64-25-28(8-5-16-46-37(55)21-31(42(60)61)22-38(56)57)19-33(53)13-14-35(43(62)63)50-40(58)30-9-11-32(12-10-30)47-23-29-20-34-39(48-24-29)51-44(45)52-41(34)59/h2-4,6-7,9-12,20-21,24,26,28,35,47H,5,8,13-19,22-23,25H2,1H3,(H,46,55)(H,49,54)(H,50,58)(H,56,57)(H,60,61)(H,62,63)(H3,45,48,51,52,59)/b31-21+/t26?,28?,35-/m0/s1. The van der Waals surface area contributed by atoms with Crippen LogP contribution in [0.4, 0.5) is 11.6 Å². The Balaban J connectivity index is 1.27. The Hall–Kier alpha value is -7.48. The van der Waals surface area contributed by atoms with E-state index in [4.69, 9.17) is 15.6 Å². The number of nitrogens with two attached hydrogens (primary N) is 1. The summed E-state index contributed by atoms with van der Waals surface area (Å²) in [6.07, 6.45) is 2.32. The quantitative estimate of drug-likeness (QED) is 0.0307. The molecule has 10 N–H and O–H groups in total. The number of fused-ring (bicyclic) bond motifs is 1. The number of ether oxygens (including phenoxy) is 1. The Bertz CT molecular complexity index is 2370. The van der Waals surface area contributed by atoms with Gasteiger partial charge in [0.1, 0.15) is 11.8 Å². The summed E-state index contributed by atoms with van der Waals surface area (Å²) in [6.45, 7) is 2.35. The van der Waals surface area contributed by atoms with E-state index in [0.717, 1.165) is 5.56 Å². The Morgan fingerprint density at radius 2 is 1.66 bits per heavy atom. The van der Waals surface area contributed by atoms with E-state index in [1.807, 2.05) is 37.3 Å². The number of rotatable bonds is 27. The molecule has 20 heteroatoms. The molecular formula is C44H52N8O12. The molecule has 4 rings (SSSR count). The molecular weight excluding hydrogens is 833 g/mol. The van der Waals surface area contributed by atoms with Crippen molar-refractivity contribution in [2.24, 2.45) is 5.92 Å². The summed E-state index contributed by atoms with van der Waals surface area (Å²) < 4.78 is 5.79. The summed E-state index contributed by atoms with van der Waals surface area (Å²) in [4.78, 5) is 108. The number of Topliss-reactive ketones (excluding diaryl/α,β-unsaturated/α-hetero) is 1. The fourth-order valence-corrected chi connectivity index (χ4v) is 6.54. The second-order valence-electron chi connectivity index (χ2n) is 15.1. The number of aromatic amines is 1. The molecule has 0 bridgehead atoms. The van der Waals surface area contributed by atoms with Crippen LogP contribution >= 0.6 is 0 Å². The number of carboxylic acid groups (broad SMARTS) is 3. The highest BCUT2D eigenvalue weighted by Crippen LogP contribution is 2.17. The lowest BCUT2D eigenvalue weighted by Gasteiger charge is -2.18. The molecule has 64 heavy (non-hydrogen) atoms. The van der Waals surface area contributed by atoms with Crippen LogP contribution in [-0.2, 0) is 46.5 Å². The second-order valence-corrected chi connectivity index (χ2v) is 15.1. The molecule has 2 aromatic carbocycles. The zero-order chi connectivity index (χ0) is 46.6. The Kier molecular flexibility index (Phi) is 19.1. The van der Waals surface area contributed by atoms with Crippen LogP contribution in [-0.4, -0.2) is 104 Å². The summed E-state index contributed by atoms with van der Waals surface area (Å²) in [6, 6.07) is 16.0. The molecule has 2 heterocycles. The van der Waals surface area contributed by atoms with E-state index in [0.29, 0.717) is 36.6 Å². The number of carboxylic acids is 3. The Morgan fingerprint density at radius 3 is 2.34 bits per heavy atom. The van der Waals surface area contributed by atoms with Crippen molar-refractivity contribution in [3.05, 3.63) is 106 Å². The summed E-state index contributed by atoms with van der Waals surface area (Å²) in [5, 5.41) is 39.3. The van der Waals surface area contributed by atoms with Gasteiger partial charge in [-0.25, -0.2) is 14.6 Å². The van der Waals surface area contributed by atoms with Crippen molar-refractivity contribution >= 4 is 64.1 Å². The SMILES string of the molecule is CC(Cc1ccccc1)NC(=O)CCOCC(CCCNC(=O)/C=C(\CC(=O)O)C(=O)O)CC(=O)CC[C@H](NC(=O)c1ccc(NCc2cnc3nc(N)[nH]c(=O)c3c2)cc1)C(=O)O. The maximum atomic E-state index is 13.2. The largest absolute Gasteiger partial charge is 0.481 e. The fraction of sp³-hybridized carbons (Fsp3) is 0.364. The smallest absolute Gasteiger partial charge is 0.332 e. The van der Waals surface area contributed by atoms with Crippen molar-refractivity contribution in [1.29, 1.82) is 0 Å². The third-order valence-corrected chi connectivity index (χ3v) is 9.74. The second kappa shape index (κ2) is 24.8. The van der Waals surface area contributed by atoms with Gasteiger partial charge in [-0.3, -0.25) is 33.8 Å². The maximum Gasteiger partial charge on any atom is 0.332 e. The minimum absolute atomic E-state index is 0.0397. The first-order valence-corrected chi connectivity index (χ1v) is 20.4. The first kappa shape index (κ1) is 49.2. The number of H-pyrrole nitrogens is 1. The molecule has 0 aliphatic carbocycles. The number of hydrogen-bond acceptors (Lipinski definition) is 13. The fourth-order valence-electron chi connectivity index (χ4n) is 6.54. The summed E-state index contributed by atoms with van der Waals surface area (Å²) >= 11 is 0. The summed E-state index contributed by atoms with van der Waals surface area (Å²) in [5.41, 5.74) is 7.31. The normalized spacial score (nSPS) is 12.7. The van der Waals surface area contributed by atoms with E-state index in [-0.39, 0.29) is 92.3 Å². The van der Waals surface area contributed by atoms with Gasteiger partial charge in [-0.2, -0.15) is 4.98 Å². The number of benzene rings is 2. The van der Waals surface area contributed by atoms with Gasteiger partial charge in [-0.05, 0) is 80.0 Å². The van der Waals surface area contributed by atoms with Gasteiger partial charge >= 0.3 is 17.9 Å². The van der Waals surface area contributed by atoms with Gasteiger partial charge < -0.3 is 47.1 Å². The van der Waals surface area contributed by atoms with Crippen molar-refractivity contribution in [2.75, 3.05) is 30.8 Å². The van der Waals surface area contributed by atoms with Crippen LogP contribution in [0.25, 0.3) is 11.0 Å². The molecule has 0 saturated carbocycles. The van der Waals surface area contributed by atoms with Crippen LogP contribution < -0.4 is 32.6 Å². The lowest BCUT2D eigenvalue weighted by molar-refractivity contribution is -0.140. The van der Waals surface area contributed by atoms with Crippen molar-refractivity contribution in [2.45, 2.75) is 76.9 Å². The molecule has 0 aliphatic heterocycles. The minimum atomic E-state index is -1.54. The van der Waals surface area contributed by atoms with Crippen LogP contribution in [0.1, 0.15) is 73.4 Å². The number of carbonyl (C=O) groups is 7. The summed E-state index contributed by atoms with van der Waals surface area (Å²) in [5.74, 6) is -6.75. The average molecular weight is 885 g/mol. The number of pyridine rings is 1. The van der Waals surface area contributed by atoms with Crippen LogP contribution in [0, 0.1) is 5.92 Å². The summed E-state index contributed by atoms with van der Waals surface area (Å²) in [7, 11) is 0. The van der Waals surface area contributed by atoms with Gasteiger partial charge in [0.25, 0.3) is 11.5 Å². The van der Waals surface area contributed by atoms with Crippen molar-refractivity contribution in [1.82, 2.24) is 30.9 Å². The molecule has 0 aliphatic rings. The van der Waals surface area contributed by atoms with Crippen LogP contribution in [0.2, 0.25) is 0 Å². The van der Waals surface area contributed by atoms with Gasteiger partial charge in [-0.15, -0.1) is 0 Å². The monoisotopic (exact) mass is 884 g/mol. The number of carbonyl (C=O) groups excluding carboxylic acids is 4. The number of anilines is 2. The molecule has 0 fully saturated rings. The zero-order valence-electron chi connectivity index (χ0n) is 35.1. The van der Waals surface area contributed by atoms with Crippen LogP contribution in [0.5, 0.6) is 0 Å². The minimum Gasteiger partial charge on any atom is -0.481 e. The lowest BCUT2D eigenvalue weighted by Crippen LogP contribution is -2.41. The molecule has 0 saturated heterocycles. The first-order valence-electron chi connectivity index (χ1n) is 20.4. The molecule has 20 nitrogen and oxygen atoms in total. The molecule has 2 aromatic heterocycles. The number of nitrogen functional groups attached to an aromatic ring is 1. The first-order chi connectivity index (χ1) is 30.6. The van der Waals surface area contributed by atoms with E-state index in [1.54, 1.807) is 24.4 Å². The molecule has 2 unspecified atom stereocenters. The average Bonchev–Trinajstić information content (AvgIpc) is 3.24. The lowest BCUT2D eigenvalue weighted by atomic mass is 9.95. The van der Waals surface area contributed by atoms with Gasteiger partial charge in [0.2, 0.25) is 17.8 Å². The highest BCUT2D eigenvalue weighted by molar-refractivity contribution is 6.00. The van der Waals surface area contributed by atoms with Crippen molar-refractivity contribution < 1.29 is 53.6 Å². The van der Waals surface area contributed by atoms with Crippen molar-refractivity contribution in [3.8, 4) is 0 Å². The van der Waals surface area contributed by atoms with Gasteiger partial charge in [0.15, 0.2) is 5.65 Å². The molecule has 340 valence electrons. The number of nitrogens with zero attached hydrogens (tertiary/aromatic N) is 2. The molecule has 3 amide bonds. The van der Waals surface area contributed by atoms with E-state index >= 15 is 0 Å². The number of hydrogen-bond donors (Lipinski definition) is 9. The van der Waals surface area contributed by atoms with Crippen molar-refractivity contribution in [3.63, 3.8) is 0 Å². The topological polar surface area (TPSA) is 322 Å². The van der Waals surface area contributed by atoms with E-state index in [2.05, 4.69) is 36.2 Å². The maximum absolute atomic E-state index is 13.2. The predicted octanol–water partition coefficient (Wildman–Crippen LogP) is 2.59. The number of nitrogens with one attached hydrogen (secondary N) is 5. The molecule has 4 aromatic rings.